The highest BCUT2D eigenvalue weighted by molar-refractivity contribution is 7.26. The minimum absolute atomic E-state index is 0.149. The van der Waals surface area contributed by atoms with E-state index in [4.69, 9.17) is 9.31 Å². The molecule has 3 aliphatic heterocycles. The normalized spacial score (nSPS) is 19.7. The van der Waals surface area contributed by atoms with Crippen molar-refractivity contribution in [3.05, 3.63) is 125 Å². The van der Waals surface area contributed by atoms with Gasteiger partial charge in [0.25, 0.3) is 0 Å². The standard InChI is InChI=1S/C40H41BN2O2S/c1-37(2)26-17-9-13-21-30(26)42(31-22-14-10-18-27(31)37)34-25-35(41-44-39(5,6)40(7,8)45-41)46-36(34)43-32-23-15-11-19-28(32)38(3,4)29-20-12-16-24-33(29)43/h9-25H,1-8H3. The van der Waals surface area contributed by atoms with Crippen molar-refractivity contribution in [2.24, 2.45) is 0 Å². The van der Waals surface area contributed by atoms with Gasteiger partial charge in [-0.05, 0) is 80.3 Å². The number of nitrogens with zero attached hydrogens (tertiary/aromatic N) is 2. The fraction of sp³-hybridized carbons (Fsp3) is 0.300. The molecule has 1 saturated heterocycles. The van der Waals surface area contributed by atoms with Crippen LogP contribution >= 0.6 is 11.3 Å². The maximum atomic E-state index is 6.69. The molecule has 0 N–H and O–H groups in total. The van der Waals surface area contributed by atoms with E-state index in [0.717, 1.165) is 15.5 Å². The molecule has 3 aliphatic rings. The molecular weight excluding hydrogens is 583 g/mol. The van der Waals surface area contributed by atoms with Crippen LogP contribution in [0.3, 0.4) is 0 Å². The Bertz CT molecular complexity index is 1770. The van der Waals surface area contributed by atoms with Crippen LogP contribution in [-0.4, -0.2) is 18.3 Å². The second kappa shape index (κ2) is 9.84. The molecule has 0 atom stereocenters. The number of para-hydroxylation sites is 4. The molecule has 0 unspecified atom stereocenters. The van der Waals surface area contributed by atoms with Crippen LogP contribution in [0.2, 0.25) is 0 Å². The number of hydrogen-bond donors (Lipinski definition) is 0. The van der Waals surface area contributed by atoms with E-state index in [1.807, 2.05) is 0 Å². The molecule has 8 rings (SSSR count). The molecule has 232 valence electrons. The highest BCUT2D eigenvalue weighted by Gasteiger charge is 2.53. The lowest BCUT2D eigenvalue weighted by molar-refractivity contribution is 0.00578. The van der Waals surface area contributed by atoms with E-state index >= 15 is 0 Å². The average Bonchev–Trinajstić information content (AvgIpc) is 3.55. The zero-order chi connectivity index (χ0) is 32.2. The van der Waals surface area contributed by atoms with Gasteiger partial charge in [-0.15, -0.1) is 11.3 Å². The molecule has 6 heteroatoms. The molecule has 4 aromatic carbocycles. The summed E-state index contributed by atoms with van der Waals surface area (Å²) in [6.07, 6.45) is 0. The van der Waals surface area contributed by atoms with Crippen LogP contribution in [0.4, 0.5) is 33.4 Å². The van der Waals surface area contributed by atoms with Crippen LogP contribution < -0.4 is 14.6 Å². The minimum atomic E-state index is -0.471. The van der Waals surface area contributed by atoms with Crippen LogP contribution in [0.1, 0.15) is 77.6 Å². The van der Waals surface area contributed by atoms with E-state index < -0.39 is 18.3 Å². The SMILES string of the molecule is CC1(C)c2ccccc2N(c2cc(B3OC(C)(C)C(C)(C)O3)sc2N2c3ccccc3C(C)(C)c3ccccc32)c2ccccc21. The second-order valence-corrected chi connectivity index (χ2v) is 16.0. The lowest BCUT2D eigenvalue weighted by atomic mass is 9.73. The Morgan fingerprint density at radius 1 is 0.478 bits per heavy atom. The molecule has 1 aromatic heterocycles. The maximum absolute atomic E-state index is 6.69. The van der Waals surface area contributed by atoms with Crippen molar-refractivity contribution < 1.29 is 9.31 Å². The number of fused-ring (bicyclic) bond motifs is 4. The molecule has 4 heterocycles. The van der Waals surface area contributed by atoms with Crippen LogP contribution in [-0.2, 0) is 20.1 Å². The summed E-state index contributed by atoms with van der Waals surface area (Å²) in [7, 11) is -0.471. The first kappa shape index (κ1) is 29.6. The van der Waals surface area contributed by atoms with Gasteiger partial charge in [0.15, 0.2) is 0 Å². The molecule has 5 aromatic rings. The van der Waals surface area contributed by atoms with Crippen LogP contribution in [0.5, 0.6) is 0 Å². The summed E-state index contributed by atoms with van der Waals surface area (Å²) in [5.41, 5.74) is 9.98. The van der Waals surface area contributed by atoms with E-state index in [1.54, 1.807) is 11.3 Å². The third kappa shape index (κ3) is 4.06. The van der Waals surface area contributed by atoms with Gasteiger partial charge < -0.3 is 14.2 Å². The molecule has 0 bridgehead atoms. The van der Waals surface area contributed by atoms with Crippen LogP contribution in [0.15, 0.2) is 103 Å². The Morgan fingerprint density at radius 3 is 1.22 bits per heavy atom. The highest BCUT2D eigenvalue weighted by atomic mass is 32.1. The predicted molar refractivity (Wildman–Crippen MR) is 194 cm³/mol. The quantitative estimate of drug-likeness (QED) is 0.187. The van der Waals surface area contributed by atoms with Gasteiger partial charge >= 0.3 is 7.12 Å². The van der Waals surface area contributed by atoms with Crippen molar-refractivity contribution in [3.63, 3.8) is 0 Å². The van der Waals surface area contributed by atoms with Crippen LogP contribution in [0, 0.1) is 0 Å². The molecule has 0 amide bonds. The van der Waals surface area contributed by atoms with Gasteiger partial charge in [-0.1, -0.05) is 100 Å². The number of thiophene rings is 1. The molecule has 46 heavy (non-hydrogen) atoms. The monoisotopic (exact) mass is 624 g/mol. The van der Waals surface area contributed by atoms with Crippen molar-refractivity contribution in [3.8, 4) is 0 Å². The first-order valence-corrected chi connectivity index (χ1v) is 17.1. The number of anilines is 6. The first-order valence-electron chi connectivity index (χ1n) is 16.3. The van der Waals surface area contributed by atoms with Crippen molar-refractivity contribution in [1.29, 1.82) is 0 Å². The van der Waals surface area contributed by atoms with Crippen molar-refractivity contribution >= 4 is 56.7 Å². The second-order valence-electron chi connectivity index (χ2n) is 14.9. The third-order valence-corrected chi connectivity index (χ3v) is 12.0. The van der Waals surface area contributed by atoms with Crippen molar-refractivity contribution in [2.45, 2.75) is 77.4 Å². The van der Waals surface area contributed by atoms with Crippen molar-refractivity contribution in [1.82, 2.24) is 0 Å². The van der Waals surface area contributed by atoms with E-state index in [1.165, 1.54) is 45.0 Å². The summed E-state index contributed by atoms with van der Waals surface area (Å²) in [6.45, 7) is 17.9. The predicted octanol–water partition coefficient (Wildman–Crippen LogP) is 10.3. The summed E-state index contributed by atoms with van der Waals surface area (Å²) in [4.78, 5) is 4.96. The number of benzene rings is 4. The largest absolute Gasteiger partial charge is 0.505 e. The van der Waals surface area contributed by atoms with E-state index in [2.05, 4.69) is 168 Å². The lowest BCUT2D eigenvalue weighted by Gasteiger charge is -2.44. The fourth-order valence-electron chi connectivity index (χ4n) is 7.60. The van der Waals surface area contributed by atoms with Gasteiger partial charge in [0.2, 0.25) is 0 Å². The average molecular weight is 625 g/mol. The summed E-state index contributed by atoms with van der Waals surface area (Å²) in [6, 6.07) is 37.8. The fourth-order valence-corrected chi connectivity index (χ4v) is 8.73. The van der Waals surface area contributed by atoms with Gasteiger partial charge in [0.1, 0.15) is 5.00 Å². The molecule has 4 nitrogen and oxygen atoms in total. The summed E-state index contributed by atoms with van der Waals surface area (Å²) < 4.78 is 14.4. The Kier molecular flexibility index (Phi) is 6.32. The third-order valence-electron chi connectivity index (χ3n) is 10.9. The van der Waals surface area contributed by atoms with Gasteiger partial charge in [-0.25, -0.2) is 0 Å². The Labute approximate surface area is 277 Å². The van der Waals surface area contributed by atoms with Gasteiger partial charge in [0.05, 0.1) is 39.6 Å². The van der Waals surface area contributed by atoms with Crippen LogP contribution in [0.25, 0.3) is 0 Å². The topological polar surface area (TPSA) is 24.9 Å². The van der Waals surface area contributed by atoms with Gasteiger partial charge in [-0.2, -0.15) is 0 Å². The summed E-state index contributed by atoms with van der Waals surface area (Å²) in [5.74, 6) is 0. The maximum Gasteiger partial charge on any atom is 0.505 e. The summed E-state index contributed by atoms with van der Waals surface area (Å²) >= 11 is 1.77. The lowest BCUT2D eigenvalue weighted by Crippen LogP contribution is -2.41. The zero-order valence-corrected chi connectivity index (χ0v) is 28.8. The van der Waals surface area contributed by atoms with E-state index in [0.29, 0.717) is 0 Å². The molecule has 0 spiro atoms. The smallest absolute Gasteiger partial charge is 0.399 e. The Hall–Kier alpha value is -3.84. The number of hydrogen-bond acceptors (Lipinski definition) is 5. The molecule has 0 saturated carbocycles. The highest BCUT2D eigenvalue weighted by Crippen LogP contribution is 2.59. The van der Waals surface area contributed by atoms with Gasteiger partial charge in [-0.3, -0.25) is 4.90 Å². The molecule has 1 fully saturated rings. The van der Waals surface area contributed by atoms with Crippen molar-refractivity contribution in [2.75, 3.05) is 9.80 Å². The number of rotatable bonds is 3. The van der Waals surface area contributed by atoms with E-state index in [-0.39, 0.29) is 10.8 Å². The molecular formula is C40H41BN2O2S. The molecule has 0 radical (unpaired) electrons. The molecule has 0 aliphatic carbocycles. The van der Waals surface area contributed by atoms with E-state index in [9.17, 15) is 0 Å². The zero-order valence-electron chi connectivity index (χ0n) is 28.0. The summed E-state index contributed by atoms with van der Waals surface area (Å²) in [5, 5.41) is 1.14. The Balaban J connectivity index is 1.43. The Morgan fingerprint density at radius 2 is 0.826 bits per heavy atom. The van der Waals surface area contributed by atoms with Gasteiger partial charge in [0, 0.05) is 15.6 Å². The first-order chi connectivity index (χ1) is 21.8. The minimum Gasteiger partial charge on any atom is -0.399 e.